The number of carbonyl (C=O) groups excluding carboxylic acids is 1. The second kappa shape index (κ2) is 6.91. The number of nitrogens with one attached hydrogen (secondary N) is 1. The summed E-state index contributed by atoms with van der Waals surface area (Å²) in [7, 11) is 1.71. The van der Waals surface area contributed by atoms with Crippen LogP contribution in [0.3, 0.4) is 0 Å². The Bertz CT molecular complexity index is 644. The van der Waals surface area contributed by atoms with E-state index in [9.17, 15) is 9.18 Å². The Kier molecular flexibility index (Phi) is 5.20. The van der Waals surface area contributed by atoms with Gasteiger partial charge in [-0.15, -0.1) is 11.3 Å². The maximum atomic E-state index is 13.4. The average molecular weight is 327 g/mol. The molecule has 0 bridgehead atoms. The van der Waals surface area contributed by atoms with E-state index >= 15 is 0 Å². The zero-order valence-corrected chi connectivity index (χ0v) is 13.4. The molecule has 2 aromatic rings. The molecule has 1 aromatic heterocycles. The van der Waals surface area contributed by atoms with E-state index < -0.39 is 0 Å². The standard InChI is InChI=1S/C15H16ClFN2OS/c1-10-3-4-11(7-13(10)17)8-18-15(20)19(2)9-12-5-6-14(16)21-12/h3-7H,8-9H2,1-2H3,(H,18,20). The molecule has 1 N–H and O–H groups in total. The highest BCUT2D eigenvalue weighted by Gasteiger charge is 2.10. The molecule has 0 saturated carbocycles. The van der Waals surface area contributed by atoms with Crippen molar-refractivity contribution in [1.82, 2.24) is 10.2 Å². The summed E-state index contributed by atoms with van der Waals surface area (Å²) in [5, 5.41) is 2.76. The molecule has 2 rings (SSSR count). The highest BCUT2D eigenvalue weighted by atomic mass is 35.5. The van der Waals surface area contributed by atoms with Crippen LogP contribution in [0.5, 0.6) is 0 Å². The van der Waals surface area contributed by atoms with E-state index in [-0.39, 0.29) is 11.8 Å². The SMILES string of the molecule is Cc1ccc(CNC(=O)N(C)Cc2ccc(Cl)s2)cc1F. The number of urea groups is 1. The number of aryl methyl sites for hydroxylation is 1. The van der Waals surface area contributed by atoms with Crippen LogP contribution in [0.1, 0.15) is 16.0 Å². The van der Waals surface area contributed by atoms with E-state index in [4.69, 9.17) is 11.6 Å². The Morgan fingerprint density at radius 2 is 2.14 bits per heavy atom. The van der Waals surface area contributed by atoms with Gasteiger partial charge in [0.2, 0.25) is 0 Å². The van der Waals surface area contributed by atoms with Gasteiger partial charge < -0.3 is 10.2 Å². The highest BCUT2D eigenvalue weighted by Crippen LogP contribution is 2.22. The molecule has 2 amide bonds. The summed E-state index contributed by atoms with van der Waals surface area (Å²) < 4.78 is 14.1. The van der Waals surface area contributed by atoms with E-state index in [1.54, 1.807) is 31.0 Å². The van der Waals surface area contributed by atoms with E-state index in [2.05, 4.69) is 5.32 Å². The van der Waals surface area contributed by atoms with Crippen molar-refractivity contribution >= 4 is 29.0 Å². The average Bonchev–Trinajstić information content (AvgIpc) is 2.85. The number of hydrogen-bond acceptors (Lipinski definition) is 2. The molecule has 6 heteroatoms. The summed E-state index contributed by atoms with van der Waals surface area (Å²) in [5.74, 6) is -0.261. The molecule has 0 fully saturated rings. The van der Waals surface area contributed by atoms with Crippen LogP contribution < -0.4 is 5.32 Å². The first kappa shape index (κ1) is 15.8. The van der Waals surface area contributed by atoms with Gasteiger partial charge in [0, 0.05) is 18.5 Å². The Morgan fingerprint density at radius 1 is 1.38 bits per heavy atom. The number of benzene rings is 1. The molecule has 112 valence electrons. The lowest BCUT2D eigenvalue weighted by atomic mass is 10.1. The lowest BCUT2D eigenvalue weighted by Gasteiger charge is -2.17. The smallest absolute Gasteiger partial charge is 0.317 e. The fourth-order valence-corrected chi connectivity index (χ4v) is 2.94. The minimum Gasteiger partial charge on any atom is -0.334 e. The molecular formula is C15H16ClFN2OS. The third-order valence-electron chi connectivity index (χ3n) is 3.05. The molecule has 1 aromatic carbocycles. The zero-order valence-electron chi connectivity index (χ0n) is 11.8. The quantitative estimate of drug-likeness (QED) is 0.897. The molecular weight excluding hydrogens is 311 g/mol. The second-order valence-electron chi connectivity index (χ2n) is 4.80. The molecule has 3 nitrogen and oxygen atoms in total. The van der Waals surface area contributed by atoms with Crippen molar-refractivity contribution in [3.8, 4) is 0 Å². The topological polar surface area (TPSA) is 32.3 Å². The fraction of sp³-hybridized carbons (Fsp3) is 0.267. The van der Waals surface area contributed by atoms with Crippen molar-refractivity contribution in [2.45, 2.75) is 20.0 Å². The number of rotatable bonds is 4. The maximum absolute atomic E-state index is 13.4. The Labute approximate surface area is 132 Å². The van der Waals surface area contributed by atoms with Crippen molar-refractivity contribution in [1.29, 1.82) is 0 Å². The number of nitrogens with zero attached hydrogens (tertiary/aromatic N) is 1. The number of thiophene rings is 1. The van der Waals surface area contributed by atoms with E-state index in [0.717, 1.165) is 10.4 Å². The Hall–Kier alpha value is -1.59. The third-order valence-corrected chi connectivity index (χ3v) is 4.26. The number of halogens is 2. The van der Waals surface area contributed by atoms with Gasteiger partial charge in [-0.3, -0.25) is 0 Å². The summed E-state index contributed by atoms with van der Waals surface area (Å²) in [6.07, 6.45) is 0. The fourth-order valence-electron chi connectivity index (χ4n) is 1.80. The van der Waals surface area contributed by atoms with Gasteiger partial charge in [-0.1, -0.05) is 23.7 Å². The first-order chi connectivity index (χ1) is 9.95. The van der Waals surface area contributed by atoms with E-state index in [1.165, 1.54) is 17.4 Å². The Morgan fingerprint density at radius 3 is 2.76 bits per heavy atom. The summed E-state index contributed by atoms with van der Waals surface area (Å²) in [6, 6.07) is 8.44. The van der Waals surface area contributed by atoms with Crippen LogP contribution in [0.2, 0.25) is 4.34 Å². The largest absolute Gasteiger partial charge is 0.334 e. The van der Waals surface area contributed by atoms with Crippen molar-refractivity contribution in [3.05, 3.63) is 56.5 Å². The highest BCUT2D eigenvalue weighted by molar-refractivity contribution is 7.16. The van der Waals surface area contributed by atoms with Gasteiger partial charge in [0.05, 0.1) is 10.9 Å². The van der Waals surface area contributed by atoms with Crippen LogP contribution in [0.25, 0.3) is 0 Å². The van der Waals surface area contributed by atoms with Gasteiger partial charge in [0.1, 0.15) is 5.82 Å². The Balaban J connectivity index is 1.87. The van der Waals surface area contributed by atoms with Gasteiger partial charge in [-0.05, 0) is 36.2 Å². The van der Waals surface area contributed by atoms with Gasteiger partial charge >= 0.3 is 6.03 Å². The molecule has 0 saturated heterocycles. The molecule has 0 aliphatic carbocycles. The number of amides is 2. The monoisotopic (exact) mass is 326 g/mol. The minimum absolute atomic E-state index is 0.208. The zero-order chi connectivity index (χ0) is 15.4. The first-order valence-corrected chi connectivity index (χ1v) is 7.63. The van der Waals surface area contributed by atoms with Crippen molar-refractivity contribution in [2.24, 2.45) is 0 Å². The molecule has 0 aliphatic heterocycles. The number of carbonyl (C=O) groups is 1. The molecule has 1 heterocycles. The molecule has 0 atom stereocenters. The van der Waals surface area contributed by atoms with Gasteiger partial charge in [-0.2, -0.15) is 0 Å². The molecule has 0 unspecified atom stereocenters. The lowest BCUT2D eigenvalue weighted by Crippen LogP contribution is -2.36. The van der Waals surface area contributed by atoms with Gasteiger partial charge in [0.25, 0.3) is 0 Å². The van der Waals surface area contributed by atoms with Crippen molar-refractivity contribution in [2.75, 3.05) is 7.05 Å². The van der Waals surface area contributed by atoms with Crippen LogP contribution >= 0.6 is 22.9 Å². The minimum atomic E-state index is -0.261. The molecule has 0 spiro atoms. The van der Waals surface area contributed by atoms with Crippen LogP contribution in [0.15, 0.2) is 30.3 Å². The summed E-state index contributed by atoms with van der Waals surface area (Å²) in [6.45, 7) is 2.49. The normalized spacial score (nSPS) is 10.5. The van der Waals surface area contributed by atoms with E-state index in [0.29, 0.717) is 23.0 Å². The van der Waals surface area contributed by atoms with Crippen LogP contribution in [-0.4, -0.2) is 18.0 Å². The van der Waals surface area contributed by atoms with Crippen molar-refractivity contribution in [3.63, 3.8) is 0 Å². The second-order valence-corrected chi connectivity index (χ2v) is 6.60. The summed E-state index contributed by atoms with van der Waals surface area (Å²) >= 11 is 7.30. The van der Waals surface area contributed by atoms with Crippen molar-refractivity contribution < 1.29 is 9.18 Å². The third kappa shape index (κ3) is 4.44. The number of hydrogen-bond donors (Lipinski definition) is 1. The molecule has 0 radical (unpaired) electrons. The summed E-state index contributed by atoms with van der Waals surface area (Å²) in [4.78, 5) is 14.5. The molecule has 0 aliphatic rings. The predicted molar refractivity (Wildman–Crippen MR) is 84.2 cm³/mol. The van der Waals surface area contributed by atoms with E-state index in [1.807, 2.05) is 12.1 Å². The lowest BCUT2D eigenvalue weighted by molar-refractivity contribution is 0.207. The van der Waals surface area contributed by atoms with Gasteiger partial charge in [-0.25, -0.2) is 9.18 Å². The van der Waals surface area contributed by atoms with Crippen LogP contribution in [-0.2, 0) is 13.1 Å². The van der Waals surface area contributed by atoms with Crippen LogP contribution in [0.4, 0.5) is 9.18 Å². The summed E-state index contributed by atoms with van der Waals surface area (Å²) in [5.41, 5.74) is 1.33. The predicted octanol–water partition coefficient (Wildman–Crippen LogP) is 4.19. The molecule has 21 heavy (non-hydrogen) atoms. The van der Waals surface area contributed by atoms with Crippen LogP contribution in [0, 0.1) is 12.7 Å². The van der Waals surface area contributed by atoms with Gasteiger partial charge in [0.15, 0.2) is 0 Å². The first-order valence-electron chi connectivity index (χ1n) is 6.44. The maximum Gasteiger partial charge on any atom is 0.317 e.